The van der Waals surface area contributed by atoms with Gasteiger partial charge in [0.15, 0.2) is 11.7 Å². The van der Waals surface area contributed by atoms with Crippen LogP contribution in [-0.2, 0) is 29.1 Å². The smallest absolute Gasteiger partial charge is 0.412 e. The minimum atomic E-state index is -1.47. The molecule has 0 aliphatic heterocycles. The molecule has 0 fully saturated rings. The van der Waals surface area contributed by atoms with Gasteiger partial charge in [-0.1, -0.05) is 60.7 Å². The number of amides is 2. The summed E-state index contributed by atoms with van der Waals surface area (Å²) in [6.07, 6.45) is -1.14. The first-order chi connectivity index (χ1) is 23.7. The fourth-order valence-electron chi connectivity index (χ4n) is 5.15. The summed E-state index contributed by atoms with van der Waals surface area (Å²) in [7, 11) is 0. The third-order valence-corrected chi connectivity index (χ3v) is 7.55. The predicted octanol–water partition coefficient (Wildman–Crippen LogP) is 5.54. The molecule has 0 saturated carbocycles. The van der Waals surface area contributed by atoms with Gasteiger partial charge in [0.05, 0.1) is 12.2 Å². The molecule has 0 spiro atoms. The summed E-state index contributed by atoms with van der Waals surface area (Å²) >= 11 is 0. The number of hydrogen-bond donors (Lipinski definition) is 3. The van der Waals surface area contributed by atoms with Crippen LogP contribution in [0.15, 0.2) is 119 Å². The van der Waals surface area contributed by atoms with Crippen LogP contribution in [0.3, 0.4) is 0 Å². The van der Waals surface area contributed by atoms with E-state index >= 15 is 0 Å². The molecular formula is C36H29F2N5O6. The zero-order valence-corrected chi connectivity index (χ0v) is 25.8. The summed E-state index contributed by atoms with van der Waals surface area (Å²) in [5, 5.41) is 16.5. The number of hydrogen-bond acceptors (Lipinski definition) is 8. The summed E-state index contributed by atoms with van der Waals surface area (Å²) in [6.45, 7) is -0.658. The maximum absolute atomic E-state index is 13.8. The summed E-state index contributed by atoms with van der Waals surface area (Å²) in [5.41, 5.74) is 1.19. The largest absolute Gasteiger partial charge is 0.444 e. The Kier molecular flexibility index (Phi) is 9.81. The highest BCUT2D eigenvalue weighted by molar-refractivity contribution is 5.84. The van der Waals surface area contributed by atoms with E-state index in [1.165, 1.54) is 36.4 Å². The molecule has 4 aromatic carbocycles. The number of anilines is 1. The van der Waals surface area contributed by atoms with E-state index in [-0.39, 0.29) is 41.5 Å². The highest BCUT2D eigenvalue weighted by Gasteiger charge is 2.28. The Morgan fingerprint density at radius 3 is 2.29 bits per heavy atom. The third kappa shape index (κ3) is 8.03. The first-order valence-electron chi connectivity index (χ1n) is 15.1. The van der Waals surface area contributed by atoms with Crippen LogP contribution < -0.4 is 16.2 Å². The topological polar surface area (TPSA) is 149 Å². The predicted molar refractivity (Wildman–Crippen MR) is 175 cm³/mol. The van der Waals surface area contributed by atoms with Crippen molar-refractivity contribution in [2.45, 2.75) is 31.7 Å². The molecule has 49 heavy (non-hydrogen) atoms. The van der Waals surface area contributed by atoms with E-state index in [1.807, 2.05) is 12.1 Å². The highest BCUT2D eigenvalue weighted by Crippen LogP contribution is 2.25. The van der Waals surface area contributed by atoms with E-state index in [1.54, 1.807) is 48.5 Å². The zero-order chi connectivity index (χ0) is 34.3. The molecule has 3 N–H and O–H groups in total. The number of fused-ring (bicyclic) bond motifs is 1. The van der Waals surface area contributed by atoms with Gasteiger partial charge in [-0.25, -0.2) is 23.5 Å². The van der Waals surface area contributed by atoms with Crippen LogP contribution in [0.5, 0.6) is 0 Å². The molecule has 13 heteroatoms. The number of carbonyl (C=O) groups is 2. The molecule has 6 rings (SSSR count). The van der Waals surface area contributed by atoms with Gasteiger partial charge in [-0.15, -0.1) is 0 Å². The van der Waals surface area contributed by atoms with Gasteiger partial charge in [-0.05, 0) is 53.9 Å². The fraction of sp³-hybridized carbons (Fsp3) is 0.139. The van der Waals surface area contributed by atoms with E-state index in [0.29, 0.717) is 5.56 Å². The number of halogens is 2. The van der Waals surface area contributed by atoms with Gasteiger partial charge >= 0.3 is 6.09 Å². The SMILES string of the molecule is O=C(Cn1c(-c2ccc(F)cc2)ncc(NC(=O)OCc2ccccc2)c1=O)NC(Cc1ccccc1)C(O)c1nc2cc(F)ccc2o1. The number of aliphatic hydroxyl groups excluding tert-OH is 1. The van der Waals surface area contributed by atoms with Gasteiger partial charge in [-0.2, -0.15) is 0 Å². The van der Waals surface area contributed by atoms with Crippen LogP contribution in [0.25, 0.3) is 22.5 Å². The van der Waals surface area contributed by atoms with Crippen molar-refractivity contribution in [2.24, 2.45) is 0 Å². The standard InChI is InChI=1S/C36H29F2N5O6/c37-25-13-11-24(12-14-25)33-39-19-29(42-36(47)48-21-23-9-5-2-6-10-23)35(46)43(33)20-31(44)40-28(17-22-7-3-1-4-8-22)32(45)34-41-27-18-26(38)15-16-30(27)49-34/h1-16,18-19,28,32,45H,17,20-21H2,(H,40,44)(H,42,47). The molecule has 11 nitrogen and oxygen atoms in total. The molecule has 2 aromatic heterocycles. The number of oxazole rings is 1. The maximum atomic E-state index is 13.8. The van der Waals surface area contributed by atoms with Gasteiger partial charge < -0.3 is 19.6 Å². The molecule has 6 aromatic rings. The lowest BCUT2D eigenvalue weighted by Gasteiger charge is -2.23. The summed E-state index contributed by atoms with van der Waals surface area (Å²) in [5.74, 6) is -1.89. The van der Waals surface area contributed by atoms with Crippen molar-refractivity contribution in [3.8, 4) is 11.4 Å². The quantitative estimate of drug-likeness (QED) is 0.163. The summed E-state index contributed by atoms with van der Waals surface area (Å²) in [6, 6.07) is 25.8. The van der Waals surface area contributed by atoms with Crippen LogP contribution in [0, 0.1) is 11.6 Å². The van der Waals surface area contributed by atoms with Crippen LogP contribution >= 0.6 is 0 Å². The number of aliphatic hydroxyl groups is 1. The van der Waals surface area contributed by atoms with Crippen molar-refractivity contribution in [3.63, 3.8) is 0 Å². The number of ether oxygens (including phenoxy) is 1. The minimum Gasteiger partial charge on any atom is -0.444 e. The van der Waals surface area contributed by atoms with E-state index < -0.39 is 47.9 Å². The number of nitrogens with zero attached hydrogens (tertiary/aromatic N) is 3. The lowest BCUT2D eigenvalue weighted by atomic mass is 10.0. The van der Waals surface area contributed by atoms with Gasteiger partial charge in [0, 0.05) is 11.6 Å². The van der Waals surface area contributed by atoms with E-state index in [9.17, 15) is 28.3 Å². The van der Waals surface area contributed by atoms with Crippen molar-refractivity contribution in [2.75, 3.05) is 5.32 Å². The van der Waals surface area contributed by atoms with Gasteiger partial charge in [0.25, 0.3) is 5.56 Å². The van der Waals surface area contributed by atoms with Crippen molar-refractivity contribution in [1.82, 2.24) is 19.9 Å². The first kappa shape index (κ1) is 32.7. The first-order valence-corrected chi connectivity index (χ1v) is 15.1. The Morgan fingerprint density at radius 2 is 1.57 bits per heavy atom. The van der Waals surface area contributed by atoms with E-state index in [2.05, 4.69) is 20.6 Å². The summed E-state index contributed by atoms with van der Waals surface area (Å²) < 4.78 is 39.5. The Balaban J connectivity index is 1.27. The Labute approximate surface area is 277 Å². The van der Waals surface area contributed by atoms with Crippen molar-refractivity contribution < 1.29 is 32.6 Å². The van der Waals surface area contributed by atoms with Crippen LogP contribution in [0.1, 0.15) is 23.1 Å². The fourth-order valence-corrected chi connectivity index (χ4v) is 5.15. The zero-order valence-electron chi connectivity index (χ0n) is 25.8. The van der Waals surface area contributed by atoms with Gasteiger partial charge in [0.2, 0.25) is 11.8 Å². The van der Waals surface area contributed by atoms with Crippen molar-refractivity contribution in [1.29, 1.82) is 0 Å². The Bertz CT molecular complexity index is 2140. The van der Waals surface area contributed by atoms with E-state index in [4.69, 9.17) is 9.15 Å². The van der Waals surface area contributed by atoms with Crippen LogP contribution in [0.4, 0.5) is 19.3 Å². The monoisotopic (exact) mass is 665 g/mol. The molecule has 0 radical (unpaired) electrons. The van der Waals surface area contributed by atoms with Gasteiger partial charge in [-0.3, -0.25) is 19.5 Å². The Morgan fingerprint density at radius 1 is 0.898 bits per heavy atom. The molecule has 2 unspecified atom stereocenters. The van der Waals surface area contributed by atoms with E-state index in [0.717, 1.165) is 28.0 Å². The van der Waals surface area contributed by atoms with Crippen LogP contribution in [0.2, 0.25) is 0 Å². The molecule has 0 aliphatic carbocycles. The number of rotatable bonds is 11. The van der Waals surface area contributed by atoms with Crippen LogP contribution in [-0.4, -0.2) is 37.7 Å². The second-order valence-electron chi connectivity index (χ2n) is 11.1. The minimum absolute atomic E-state index is 0.0180. The number of benzene rings is 4. The van der Waals surface area contributed by atoms with Crippen molar-refractivity contribution in [3.05, 3.63) is 148 Å². The number of carbonyl (C=O) groups excluding carboxylic acids is 2. The lowest BCUT2D eigenvalue weighted by Crippen LogP contribution is -2.44. The number of aromatic nitrogens is 3. The summed E-state index contributed by atoms with van der Waals surface area (Å²) in [4.78, 5) is 48.5. The van der Waals surface area contributed by atoms with Crippen molar-refractivity contribution >= 4 is 28.8 Å². The second-order valence-corrected chi connectivity index (χ2v) is 11.1. The molecular weight excluding hydrogens is 636 g/mol. The molecule has 0 aliphatic rings. The molecule has 0 saturated heterocycles. The average Bonchev–Trinajstić information content (AvgIpc) is 3.53. The molecule has 248 valence electrons. The molecule has 0 bridgehead atoms. The highest BCUT2D eigenvalue weighted by atomic mass is 19.1. The Hall–Kier alpha value is -6.21. The third-order valence-electron chi connectivity index (χ3n) is 7.55. The maximum Gasteiger partial charge on any atom is 0.412 e. The molecule has 2 heterocycles. The van der Waals surface area contributed by atoms with Gasteiger partial charge in [0.1, 0.15) is 41.8 Å². The molecule has 2 amide bonds. The number of nitrogens with one attached hydrogen (secondary N) is 2. The lowest BCUT2D eigenvalue weighted by molar-refractivity contribution is -0.123. The normalized spacial score (nSPS) is 12.3. The molecule has 2 atom stereocenters. The average molecular weight is 666 g/mol. The second kappa shape index (κ2) is 14.7.